The van der Waals surface area contributed by atoms with E-state index in [1.54, 1.807) is 0 Å². The quantitative estimate of drug-likeness (QED) is 0.783. The van der Waals surface area contributed by atoms with Crippen LogP contribution in [-0.2, 0) is 11.3 Å². The van der Waals surface area contributed by atoms with Crippen molar-refractivity contribution >= 4 is 17.7 Å². The molecular weight excluding hydrogens is 258 g/mol. The van der Waals surface area contributed by atoms with Crippen LogP contribution in [0.2, 0.25) is 0 Å². The van der Waals surface area contributed by atoms with Crippen LogP contribution in [0.15, 0.2) is 5.16 Å². The lowest BCUT2D eigenvalue weighted by molar-refractivity contribution is -0.118. The van der Waals surface area contributed by atoms with E-state index in [0.29, 0.717) is 11.7 Å². The largest absolute Gasteiger partial charge is 0.355 e. The van der Waals surface area contributed by atoms with Crippen molar-refractivity contribution in [2.24, 2.45) is 5.92 Å². The van der Waals surface area contributed by atoms with E-state index in [0.717, 1.165) is 30.4 Å². The molecule has 0 fully saturated rings. The zero-order chi connectivity index (χ0) is 14.4. The van der Waals surface area contributed by atoms with Gasteiger partial charge in [0.2, 0.25) is 5.91 Å². The lowest BCUT2D eigenvalue weighted by Crippen LogP contribution is -2.25. The monoisotopic (exact) mass is 283 g/mol. The SMILES string of the molecule is CCCNC(=O)CSc1nc(C)c(C)n1CC(C)C. The van der Waals surface area contributed by atoms with Gasteiger partial charge in [-0.1, -0.05) is 32.5 Å². The molecule has 0 aliphatic carbocycles. The molecule has 1 aromatic heterocycles. The van der Waals surface area contributed by atoms with Gasteiger partial charge in [-0.05, 0) is 26.2 Å². The summed E-state index contributed by atoms with van der Waals surface area (Å²) in [5, 5.41) is 3.84. The molecule has 108 valence electrons. The fourth-order valence-corrected chi connectivity index (χ4v) is 2.69. The lowest BCUT2D eigenvalue weighted by Gasteiger charge is -2.12. The van der Waals surface area contributed by atoms with Crippen LogP contribution in [0.5, 0.6) is 0 Å². The Hall–Kier alpha value is -0.970. The number of thioether (sulfide) groups is 1. The van der Waals surface area contributed by atoms with Gasteiger partial charge < -0.3 is 9.88 Å². The Balaban J connectivity index is 2.67. The van der Waals surface area contributed by atoms with Gasteiger partial charge >= 0.3 is 0 Å². The molecule has 0 aromatic carbocycles. The topological polar surface area (TPSA) is 46.9 Å². The molecule has 0 bridgehead atoms. The number of aryl methyl sites for hydroxylation is 1. The highest BCUT2D eigenvalue weighted by molar-refractivity contribution is 7.99. The predicted octanol–water partition coefficient (Wildman–Crippen LogP) is 2.77. The molecule has 0 aliphatic rings. The predicted molar refractivity (Wildman–Crippen MR) is 80.6 cm³/mol. The van der Waals surface area contributed by atoms with Crippen LogP contribution in [0, 0.1) is 19.8 Å². The van der Waals surface area contributed by atoms with Crippen LogP contribution in [0.1, 0.15) is 38.6 Å². The van der Waals surface area contributed by atoms with E-state index in [-0.39, 0.29) is 5.91 Å². The first-order chi connectivity index (χ1) is 8.95. The van der Waals surface area contributed by atoms with E-state index >= 15 is 0 Å². The maximum atomic E-state index is 11.6. The van der Waals surface area contributed by atoms with Crippen molar-refractivity contribution in [2.45, 2.75) is 52.7 Å². The average Bonchev–Trinajstić information content (AvgIpc) is 2.61. The maximum Gasteiger partial charge on any atom is 0.230 e. The standard InChI is InChI=1S/C14H25N3OS/c1-6-7-15-13(18)9-19-14-16-11(4)12(5)17(14)8-10(2)3/h10H,6-9H2,1-5H3,(H,15,18). The summed E-state index contributed by atoms with van der Waals surface area (Å²) < 4.78 is 2.22. The van der Waals surface area contributed by atoms with Crippen LogP contribution < -0.4 is 5.32 Å². The molecular formula is C14H25N3OS. The van der Waals surface area contributed by atoms with E-state index < -0.39 is 0 Å². The Kier molecular flexibility index (Phi) is 6.42. The number of rotatable bonds is 7. The third-order valence-corrected chi connectivity index (χ3v) is 3.85. The lowest BCUT2D eigenvalue weighted by atomic mass is 10.2. The first kappa shape index (κ1) is 16.1. The van der Waals surface area contributed by atoms with E-state index in [1.807, 2.05) is 6.92 Å². The molecule has 5 heteroatoms. The molecule has 0 aliphatic heterocycles. The third-order valence-electron chi connectivity index (χ3n) is 2.87. The summed E-state index contributed by atoms with van der Waals surface area (Å²) in [4.78, 5) is 16.2. The molecule has 1 N–H and O–H groups in total. The molecule has 0 spiro atoms. The summed E-state index contributed by atoms with van der Waals surface area (Å²) in [6.45, 7) is 12.2. The van der Waals surface area contributed by atoms with Crippen LogP contribution in [0.3, 0.4) is 0 Å². The van der Waals surface area contributed by atoms with Gasteiger partial charge in [0.15, 0.2) is 5.16 Å². The number of carbonyl (C=O) groups excluding carboxylic acids is 1. The second kappa shape index (κ2) is 7.58. The molecule has 1 heterocycles. The summed E-state index contributed by atoms with van der Waals surface area (Å²) in [5.74, 6) is 1.09. The first-order valence-corrected chi connectivity index (χ1v) is 7.87. The number of nitrogens with zero attached hydrogens (tertiary/aromatic N) is 2. The third kappa shape index (κ3) is 4.90. The normalized spacial score (nSPS) is 11.1. The first-order valence-electron chi connectivity index (χ1n) is 6.88. The minimum absolute atomic E-state index is 0.0845. The maximum absolute atomic E-state index is 11.6. The molecule has 0 saturated heterocycles. The number of hydrogen-bond donors (Lipinski definition) is 1. The van der Waals surface area contributed by atoms with Gasteiger partial charge in [-0.3, -0.25) is 4.79 Å². The summed E-state index contributed by atoms with van der Waals surface area (Å²) >= 11 is 1.52. The molecule has 0 unspecified atom stereocenters. The number of imidazole rings is 1. The Labute approximate surface area is 120 Å². The van der Waals surface area contributed by atoms with E-state index in [4.69, 9.17) is 0 Å². The zero-order valence-corrected chi connectivity index (χ0v) is 13.4. The molecule has 1 rings (SSSR count). The molecule has 1 aromatic rings. The zero-order valence-electron chi connectivity index (χ0n) is 12.6. The van der Waals surface area contributed by atoms with Crippen molar-refractivity contribution in [2.75, 3.05) is 12.3 Å². The van der Waals surface area contributed by atoms with Gasteiger partial charge in [0.05, 0.1) is 11.4 Å². The minimum Gasteiger partial charge on any atom is -0.355 e. The van der Waals surface area contributed by atoms with Crippen molar-refractivity contribution < 1.29 is 4.79 Å². The molecule has 0 atom stereocenters. The van der Waals surface area contributed by atoms with Crippen LogP contribution >= 0.6 is 11.8 Å². The Morgan fingerprint density at radius 2 is 2.11 bits per heavy atom. The minimum atomic E-state index is 0.0845. The number of nitrogens with one attached hydrogen (secondary N) is 1. The van der Waals surface area contributed by atoms with Crippen molar-refractivity contribution in [1.29, 1.82) is 0 Å². The highest BCUT2D eigenvalue weighted by Gasteiger charge is 2.13. The second-order valence-electron chi connectivity index (χ2n) is 5.21. The average molecular weight is 283 g/mol. The molecule has 19 heavy (non-hydrogen) atoms. The Morgan fingerprint density at radius 1 is 1.42 bits per heavy atom. The molecule has 0 radical (unpaired) electrons. The summed E-state index contributed by atoms with van der Waals surface area (Å²) in [5.41, 5.74) is 2.25. The number of hydrogen-bond acceptors (Lipinski definition) is 3. The number of carbonyl (C=O) groups is 1. The van der Waals surface area contributed by atoms with Gasteiger partial charge in [-0.25, -0.2) is 4.98 Å². The number of aromatic nitrogens is 2. The fraction of sp³-hybridized carbons (Fsp3) is 0.714. The number of amides is 1. The van der Waals surface area contributed by atoms with Gasteiger partial charge in [-0.15, -0.1) is 0 Å². The van der Waals surface area contributed by atoms with Crippen molar-refractivity contribution in [1.82, 2.24) is 14.9 Å². The van der Waals surface area contributed by atoms with Crippen LogP contribution in [0.4, 0.5) is 0 Å². The van der Waals surface area contributed by atoms with E-state index in [1.165, 1.54) is 17.5 Å². The van der Waals surface area contributed by atoms with E-state index in [2.05, 4.69) is 42.6 Å². The second-order valence-corrected chi connectivity index (χ2v) is 6.15. The molecule has 4 nitrogen and oxygen atoms in total. The highest BCUT2D eigenvalue weighted by atomic mass is 32.2. The van der Waals surface area contributed by atoms with Gasteiger partial charge in [0, 0.05) is 18.8 Å². The van der Waals surface area contributed by atoms with Crippen LogP contribution in [0.25, 0.3) is 0 Å². The molecule has 0 saturated carbocycles. The van der Waals surface area contributed by atoms with Gasteiger partial charge in [-0.2, -0.15) is 0 Å². The Morgan fingerprint density at radius 3 is 2.68 bits per heavy atom. The van der Waals surface area contributed by atoms with Crippen LogP contribution in [-0.4, -0.2) is 27.8 Å². The van der Waals surface area contributed by atoms with Gasteiger partial charge in [0.1, 0.15) is 0 Å². The summed E-state index contributed by atoms with van der Waals surface area (Å²) in [6.07, 6.45) is 0.969. The van der Waals surface area contributed by atoms with Gasteiger partial charge in [0.25, 0.3) is 0 Å². The summed E-state index contributed by atoms with van der Waals surface area (Å²) in [7, 11) is 0. The van der Waals surface area contributed by atoms with E-state index in [9.17, 15) is 4.79 Å². The van der Waals surface area contributed by atoms with Crippen molar-refractivity contribution in [3.8, 4) is 0 Å². The summed E-state index contributed by atoms with van der Waals surface area (Å²) in [6, 6.07) is 0. The van der Waals surface area contributed by atoms with Crippen molar-refractivity contribution in [3.63, 3.8) is 0 Å². The highest BCUT2D eigenvalue weighted by Crippen LogP contribution is 2.22. The van der Waals surface area contributed by atoms with Crippen molar-refractivity contribution in [3.05, 3.63) is 11.4 Å². The molecule has 1 amide bonds. The smallest absolute Gasteiger partial charge is 0.230 e. The Bertz CT molecular complexity index is 427. The fourth-order valence-electron chi connectivity index (χ4n) is 1.76.